The summed E-state index contributed by atoms with van der Waals surface area (Å²) in [7, 11) is 0. The van der Waals surface area contributed by atoms with Crippen LogP contribution in [0.4, 0.5) is 0 Å². The van der Waals surface area contributed by atoms with Crippen LogP contribution in [0.5, 0.6) is 0 Å². The molecule has 0 aromatic carbocycles. The predicted octanol–water partition coefficient (Wildman–Crippen LogP) is 2.15. The van der Waals surface area contributed by atoms with Crippen molar-refractivity contribution in [3.8, 4) is 0 Å². The summed E-state index contributed by atoms with van der Waals surface area (Å²) in [5, 5.41) is 0. The summed E-state index contributed by atoms with van der Waals surface area (Å²) >= 11 is 0. The maximum atomic E-state index is 12.4. The van der Waals surface area contributed by atoms with Crippen LogP contribution in [0.1, 0.15) is 51.9 Å². The van der Waals surface area contributed by atoms with Gasteiger partial charge in [-0.25, -0.2) is 0 Å². The largest absolute Gasteiger partial charge is 0.342 e. The van der Waals surface area contributed by atoms with Gasteiger partial charge in [0.2, 0.25) is 5.91 Å². The molecule has 0 spiro atoms. The Kier molecular flexibility index (Phi) is 4.43. The second-order valence-electron chi connectivity index (χ2n) is 5.89. The van der Waals surface area contributed by atoms with Crippen molar-refractivity contribution in [1.29, 1.82) is 0 Å². The number of hydrogen-bond donors (Lipinski definition) is 1. The molecule has 1 saturated carbocycles. The smallest absolute Gasteiger partial charge is 0.225 e. The van der Waals surface area contributed by atoms with Crippen LogP contribution in [0.3, 0.4) is 0 Å². The van der Waals surface area contributed by atoms with Crippen molar-refractivity contribution in [3.05, 3.63) is 0 Å². The molecule has 1 amide bonds. The Morgan fingerprint density at radius 3 is 2.35 bits per heavy atom. The molecule has 3 nitrogen and oxygen atoms in total. The van der Waals surface area contributed by atoms with E-state index in [1.165, 1.54) is 25.7 Å². The van der Waals surface area contributed by atoms with Crippen molar-refractivity contribution in [1.82, 2.24) is 4.90 Å². The van der Waals surface area contributed by atoms with Gasteiger partial charge in [0.05, 0.1) is 0 Å². The molecule has 17 heavy (non-hydrogen) atoms. The summed E-state index contributed by atoms with van der Waals surface area (Å²) in [4.78, 5) is 14.5. The Morgan fingerprint density at radius 2 is 1.76 bits per heavy atom. The highest BCUT2D eigenvalue weighted by Crippen LogP contribution is 2.29. The van der Waals surface area contributed by atoms with Crippen LogP contribution in [0.15, 0.2) is 0 Å². The summed E-state index contributed by atoms with van der Waals surface area (Å²) in [6.07, 6.45) is 7.99. The third kappa shape index (κ3) is 3.21. The molecular formula is C14H26N2O. The monoisotopic (exact) mass is 238 g/mol. The van der Waals surface area contributed by atoms with Crippen molar-refractivity contribution in [2.45, 2.75) is 57.9 Å². The van der Waals surface area contributed by atoms with E-state index >= 15 is 0 Å². The quantitative estimate of drug-likeness (QED) is 0.761. The number of likely N-dealkylation sites (tertiary alicyclic amines) is 1. The van der Waals surface area contributed by atoms with E-state index < -0.39 is 0 Å². The van der Waals surface area contributed by atoms with E-state index in [1.807, 2.05) is 0 Å². The molecule has 2 fully saturated rings. The Hall–Kier alpha value is -0.570. The Labute approximate surface area is 105 Å². The van der Waals surface area contributed by atoms with Gasteiger partial charge in [-0.3, -0.25) is 4.79 Å². The van der Waals surface area contributed by atoms with Crippen molar-refractivity contribution in [2.75, 3.05) is 13.1 Å². The van der Waals surface area contributed by atoms with E-state index in [4.69, 9.17) is 5.73 Å². The van der Waals surface area contributed by atoms with Gasteiger partial charge in [-0.15, -0.1) is 0 Å². The third-order valence-electron chi connectivity index (χ3n) is 4.53. The van der Waals surface area contributed by atoms with E-state index in [1.54, 1.807) is 0 Å². The van der Waals surface area contributed by atoms with Gasteiger partial charge in [0.15, 0.2) is 0 Å². The van der Waals surface area contributed by atoms with Gasteiger partial charge in [0.25, 0.3) is 0 Å². The number of nitrogens with two attached hydrogens (primary N) is 1. The topological polar surface area (TPSA) is 46.3 Å². The maximum Gasteiger partial charge on any atom is 0.225 e. The molecule has 1 aliphatic heterocycles. The molecule has 2 rings (SSSR count). The number of carbonyl (C=O) groups is 1. The fourth-order valence-corrected chi connectivity index (χ4v) is 3.13. The lowest BCUT2D eigenvalue weighted by Gasteiger charge is -2.34. The molecule has 0 aromatic heterocycles. The molecular weight excluding hydrogens is 212 g/mol. The molecule has 2 N–H and O–H groups in total. The van der Waals surface area contributed by atoms with Crippen LogP contribution >= 0.6 is 0 Å². The third-order valence-corrected chi connectivity index (χ3v) is 4.53. The SMILES string of the molecule is CC1CCC(C(=O)N2CCCCCC2)CC1N. The second kappa shape index (κ2) is 5.85. The van der Waals surface area contributed by atoms with Crippen molar-refractivity contribution >= 4 is 5.91 Å². The number of nitrogens with zero attached hydrogens (tertiary/aromatic N) is 1. The minimum Gasteiger partial charge on any atom is -0.342 e. The van der Waals surface area contributed by atoms with E-state index in [0.717, 1.165) is 32.4 Å². The van der Waals surface area contributed by atoms with Gasteiger partial charge >= 0.3 is 0 Å². The summed E-state index contributed by atoms with van der Waals surface area (Å²) in [6, 6.07) is 0.227. The second-order valence-corrected chi connectivity index (χ2v) is 5.89. The zero-order chi connectivity index (χ0) is 12.3. The van der Waals surface area contributed by atoms with Gasteiger partial charge in [0.1, 0.15) is 0 Å². The minimum atomic E-state index is 0.208. The van der Waals surface area contributed by atoms with Crippen LogP contribution < -0.4 is 5.73 Å². The van der Waals surface area contributed by atoms with Gasteiger partial charge < -0.3 is 10.6 Å². The lowest BCUT2D eigenvalue weighted by molar-refractivity contribution is -0.137. The maximum absolute atomic E-state index is 12.4. The van der Waals surface area contributed by atoms with Crippen molar-refractivity contribution in [3.63, 3.8) is 0 Å². The molecule has 0 bridgehead atoms. The molecule has 98 valence electrons. The van der Waals surface area contributed by atoms with Crippen LogP contribution in [-0.4, -0.2) is 29.9 Å². The first-order valence-electron chi connectivity index (χ1n) is 7.23. The summed E-state index contributed by atoms with van der Waals surface area (Å²) in [5.41, 5.74) is 6.10. The van der Waals surface area contributed by atoms with Gasteiger partial charge in [-0.1, -0.05) is 19.8 Å². The molecule has 0 radical (unpaired) electrons. The lowest BCUT2D eigenvalue weighted by atomic mass is 9.79. The summed E-state index contributed by atoms with van der Waals surface area (Å²) < 4.78 is 0. The normalized spacial score (nSPS) is 35.4. The molecule has 1 heterocycles. The van der Waals surface area contributed by atoms with E-state index in [-0.39, 0.29) is 12.0 Å². The van der Waals surface area contributed by atoms with Crippen LogP contribution in [0, 0.1) is 11.8 Å². The highest BCUT2D eigenvalue weighted by molar-refractivity contribution is 5.79. The molecule has 2 aliphatic rings. The standard InChI is InChI=1S/C14H26N2O/c1-11-6-7-12(10-13(11)15)14(17)16-8-4-2-3-5-9-16/h11-13H,2-10,15H2,1H3. The fourth-order valence-electron chi connectivity index (χ4n) is 3.13. The zero-order valence-corrected chi connectivity index (χ0v) is 11.0. The number of carbonyl (C=O) groups excluding carboxylic acids is 1. The average molecular weight is 238 g/mol. The molecule has 3 heteroatoms. The molecule has 3 atom stereocenters. The first-order chi connectivity index (χ1) is 8.18. The number of amides is 1. The average Bonchev–Trinajstić information content (AvgIpc) is 2.60. The highest BCUT2D eigenvalue weighted by Gasteiger charge is 2.32. The predicted molar refractivity (Wildman–Crippen MR) is 69.5 cm³/mol. The Balaban J connectivity index is 1.90. The van der Waals surface area contributed by atoms with E-state index in [9.17, 15) is 4.79 Å². The fraction of sp³-hybridized carbons (Fsp3) is 0.929. The minimum absolute atomic E-state index is 0.208. The number of rotatable bonds is 1. The van der Waals surface area contributed by atoms with E-state index in [0.29, 0.717) is 11.8 Å². The Morgan fingerprint density at radius 1 is 1.12 bits per heavy atom. The van der Waals surface area contributed by atoms with Crippen LogP contribution in [0.25, 0.3) is 0 Å². The lowest BCUT2D eigenvalue weighted by Crippen LogP contribution is -2.43. The first kappa shape index (κ1) is 12.9. The van der Waals surface area contributed by atoms with Crippen LogP contribution in [-0.2, 0) is 4.79 Å². The summed E-state index contributed by atoms with van der Waals surface area (Å²) in [6.45, 7) is 4.15. The molecule has 1 saturated heterocycles. The highest BCUT2D eigenvalue weighted by atomic mass is 16.2. The molecule has 0 aromatic rings. The van der Waals surface area contributed by atoms with Gasteiger partial charge in [-0.2, -0.15) is 0 Å². The van der Waals surface area contributed by atoms with E-state index in [2.05, 4.69) is 11.8 Å². The number of hydrogen-bond acceptors (Lipinski definition) is 2. The zero-order valence-electron chi connectivity index (χ0n) is 11.0. The molecule has 3 unspecified atom stereocenters. The van der Waals surface area contributed by atoms with Gasteiger partial charge in [-0.05, 0) is 38.0 Å². The summed E-state index contributed by atoms with van der Waals surface area (Å²) in [5.74, 6) is 1.18. The van der Waals surface area contributed by atoms with Gasteiger partial charge in [0, 0.05) is 25.0 Å². The first-order valence-corrected chi connectivity index (χ1v) is 7.23. The van der Waals surface area contributed by atoms with Crippen molar-refractivity contribution in [2.24, 2.45) is 17.6 Å². The Bertz CT molecular complexity index is 259. The molecule has 1 aliphatic carbocycles. The van der Waals surface area contributed by atoms with Crippen molar-refractivity contribution < 1.29 is 4.79 Å². The van der Waals surface area contributed by atoms with Crippen LogP contribution in [0.2, 0.25) is 0 Å².